The maximum Gasteiger partial charge on any atom is 0.315 e. The third kappa shape index (κ3) is 8.67. The molecule has 2 aromatic rings. The summed E-state index contributed by atoms with van der Waals surface area (Å²) >= 11 is 5.92. The Bertz CT molecular complexity index is 811. The number of rotatable bonds is 12. The van der Waals surface area contributed by atoms with Crippen LogP contribution in [0.3, 0.4) is 0 Å². The molecule has 0 spiro atoms. The van der Waals surface area contributed by atoms with Crippen LogP contribution in [0.15, 0.2) is 48.5 Å². The fourth-order valence-electron chi connectivity index (χ4n) is 3.85. The number of carbonyl (C=O) groups is 1. The molecule has 0 saturated carbocycles. The average Bonchev–Trinajstić information content (AvgIpc) is 3.30. The Morgan fingerprint density at radius 2 is 1.72 bits per heavy atom. The Labute approximate surface area is 195 Å². The zero-order valence-electron chi connectivity index (χ0n) is 18.5. The van der Waals surface area contributed by atoms with Crippen molar-refractivity contribution in [2.45, 2.75) is 44.7 Å². The number of amides is 2. The molecule has 0 bridgehead atoms. The lowest BCUT2D eigenvalue weighted by atomic mass is 10.1. The van der Waals surface area contributed by atoms with E-state index in [1.54, 1.807) is 0 Å². The molecule has 2 N–H and O–H groups in total. The lowest BCUT2D eigenvalue weighted by molar-refractivity contribution is 0.228. The van der Waals surface area contributed by atoms with E-state index in [-0.39, 0.29) is 18.7 Å². The maximum absolute atomic E-state index is 12.6. The summed E-state index contributed by atoms with van der Waals surface area (Å²) in [6, 6.07) is 15.3. The van der Waals surface area contributed by atoms with Crippen LogP contribution < -0.4 is 15.4 Å². The summed E-state index contributed by atoms with van der Waals surface area (Å²) in [5.41, 5.74) is 2.14. The minimum absolute atomic E-state index is 0.00893. The fourth-order valence-corrected chi connectivity index (χ4v) is 3.98. The van der Waals surface area contributed by atoms with Crippen LogP contribution in [0.5, 0.6) is 5.75 Å². The van der Waals surface area contributed by atoms with Gasteiger partial charge < -0.3 is 20.3 Å². The molecule has 0 radical (unpaired) electrons. The number of halogens is 2. The number of nitrogens with zero attached hydrogens (tertiary/aromatic N) is 1. The minimum Gasteiger partial charge on any atom is -0.494 e. The third-order valence-corrected chi connectivity index (χ3v) is 5.83. The van der Waals surface area contributed by atoms with Crippen LogP contribution >= 0.6 is 11.6 Å². The molecule has 0 aliphatic carbocycles. The molecule has 2 amide bonds. The number of hydrogen-bond acceptors (Lipinski definition) is 3. The molecule has 1 saturated heterocycles. The predicted octanol–water partition coefficient (Wildman–Crippen LogP) is 4.97. The van der Waals surface area contributed by atoms with Gasteiger partial charge in [0.05, 0.1) is 13.3 Å². The molecule has 1 fully saturated rings. The lowest BCUT2D eigenvalue weighted by Gasteiger charge is -2.25. The van der Waals surface area contributed by atoms with Crippen LogP contribution in [0.25, 0.3) is 0 Å². The molecule has 7 heteroatoms. The van der Waals surface area contributed by atoms with Gasteiger partial charge in [0, 0.05) is 24.2 Å². The van der Waals surface area contributed by atoms with Gasteiger partial charge in [0.2, 0.25) is 0 Å². The van der Waals surface area contributed by atoms with Gasteiger partial charge >= 0.3 is 6.03 Å². The SMILES string of the molecule is O=C(NCc1ccc(Cl)cc1)N[C@@H](Cc1ccc(OCCCCF)cc1)CN1CCCC1. The molecule has 1 heterocycles. The van der Waals surface area contributed by atoms with Gasteiger partial charge in [-0.3, -0.25) is 4.39 Å². The highest BCUT2D eigenvalue weighted by atomic mass is 35.5. The summed E-state index contributed by atoms with van der Waals surface area (Å²) in [6.45, 7) is 3.66. The Kier molecular flexibility index (Phi) is 10.1. The van der Waals surface area contributed by atoms with E-state index in [2.05, 4.69) is 15.5 Å². The summed E-state index contributed by atoms with van der Waals surface area (Å²) in [5, 5.41) is 6.78. The highest BCUT2D eigenvalue weighted by Gasteiger charge is 2.19. The normalized spacial score (nSPS) is 14.8. The first-order valence-corrected chi connectivity index (χ1v) is 11.8. The van der Waals surface area contributed by atoms with Gasteiger partial charge in [-0.1, -0.05) is 35.9 Å². The summed E-state index contributed by atoms with van der Waals surface area (Å²) in [6.07, 6.45) is 4.41. The van der Waals surface area contributed by atoms with Gasteiger partial charge in [-0.15, -0.1) is 0 Å². The highest BCUT2D eigenvalue weighted by Crippen LogP contribution is 2.16. The Morgan fingerprint density at radius 1 is 1.03 bits per heavy atom. The molecule has 2 aromatic carbocycles. The van der Waals surface area contributed by atoms with Gasteiger partial charge in [0.25, 0.3) is 0 Å². The quantitative estimate of drug-likeness (QED) is 0.438. The van der Waals surface area contributed by atoms with Crippen molar-refractivity contribution in [3.05, 3.63) is 64.7 Å². The first-order chi connectivity index (χ1) is 15.6. The summed E-state index contributed by atoms with van der Waals surface area (Å²) in [4.78, 5) is 15.0. The van der Waals surface area contributed by atoms with E-state index in [4.69, 9.17) is 16.3 Å². The van der Waals surface area contributed by atoms with Crippen molar-refractivity contribution >= 4 is 17.6 Å². The smallest absolute Gasteiger partial charge is 0.315 e. The largest absolute Gasteiger partial charge is 0.494 e. The van der Waals surface area contributed by atoms with E-state index in [0.717, 1.165) is 42.9 Å². The van der Waals surface area contributed by atoms with Crippen molar-refractivity contribution in [1.29, 1.82) is 0 Å². The number of ether oxygens (including phenoxy) is 1. The third-order valence-electron chi connectivity index (χ3n) is 5.58. The molecule has 32 heavy (non-hydrogen) atoms. The van der Waals surface area contributed by atoms with E-state index in [0.29, 0.717) is 31.0 Å². The highest BCUT2D eigenvalue weighted by molar-refractivity contribution is 6.30. The minimum atomic E-state index is -0.305. The van der Waals surface area contributed by atoms with Gasteiger partial charge in [0.1, 0.15) is 5.75 Å². The topological polar surface area (TPSA) is 53.6 Å². The zero-order chi connectivity index (χ0) is 22.6. The lowest BCUT2D eigenvalue weighted by Crippen LogP contribution is -2.48. The molecular weight excluding hydrogens is 429 g/mol. The average molecular weight is 462 g/mol. The van der Waals surface area contributed by atoms with Crippen LogP contribution in [-0.4, -0.2) is 49.9 Å². The summed E-state index contributed by atoms with van der Waals surface area (Å²) in [7, 11) is 0. The van der Waals surface area contributed by atoms with Crippen molar-refractivity contribution in [2.24, 2.45) is 0 Å². The molecule has 1 aliphatic heterocycles. The predicted molar refractivity (Wildman–Crippen MR) is 127 cm³/mol. The Morgan fingerprint density at radius 3 is 2.41 bits per heavy atom. The fraction of sp³-hybridized carbons (Fsp3) is 0.480. The van der Waals surface area contributed by atoms with Crippen molar-refractivity contribution < 1.29 is 13.9 Å². The van der Waals surface area contributed by atoms with Gasteiger partial charge in [0.15, 0.2) is 0 Å². The monoisotopic (exact) mass is 461 g/mol. The Balaban J connectivity index is 1.52. The van der Waals surface area contributed by atoms with Crippen molar-refractivity contribution in [2.75, 3.05) is 32.9 Å². The number of alkyl halides is 1. The molecule has 5 nitrogen and oxygen atoms in total. The number of urea groups is 1. The maximum atomic E-state index is 12.6. The van der Waals surface area contributed by atoms with Crippen LogP contribution in [0, 0.1) is 0 Å². The van der Waals surface area contributed by atoms with E-state index < -0.39 is 0 Å². The standard InChI is InChI=1S/C25H33ClFN3O2/c26-22-9-5-21(6-10-22)18-28-25(31)29-23(19-30-14-2-3-15-30)17-20-7-11-24(12-8-20)32-16-4-1-13-27/h5-12,23H,1-4,13-19H2,(H2,28,29,31)/t23-/m0/s1. The number of nitrogens with one attached hydrogen (secondary N) is 2. The number of unbranched alkanes of at least 4 members (excludes halogenated alkanes) is 1. The molecular formula is C25H33ClFN3O2. The van der Waals surface area contributed by atoms with Crippen molar-refractivity contribution in [1.82, 2.24) is 15.5 Å². The van der Waals surface area contributed by atoms with Gasteiger partial charge in [-0.25, -0.2) is 4.79 Å². The van der Waals surface area contributed by atoms with Crippen LogP contribution in [0.1, 0.15) is 36.8 Å². The second-order valence-electron chi connectivity index (χ2n) is 8.25. The second kappa shape index (κ2) is 13.3. The van der Waals surface area contributed by atoms with E-state index in [9.17, 15) is 9.18 Å². The summed E-state index contributed by atoms with van der Waals surface area (Å²) in [5.74, 6) is 0.789. The van der Waals surface area contributed by atoms with Gasteiger partial charge in [-0.05, 0) is 80.6 Å². The summed E-state index contributed by atoms with van der Waals surface area (Å²) < 4.78 is 17.8. The number of likely N-dealkylation sites (tertiary alicyclic amines) is 1. The molecule has 0 aromatic heterocycles. The first kappa shape index (κ1) is 24.3. The molecule has 1 aliphatic rings. The van der Waals surface area contributed by atoms with Gasteiger partial charge in [-0.2, -0.15) is 0 Å². The second-order valence-corrected chi connectivity index (χ2v) is 8.69. The van der Waals surface area contributed by atoms with Crippen LogP contribution in [0.4, 0.5) is 9.18 Å². The van der Waals surface area contributed by atoms with Crippen molar-refractivity contribution in [3.8, 4) is 5.75 Å². The van der Waals surface area contributed by atoms with E-state index >= 15 is 0 Å². The molecule has 1 atom stereocenters. The molecule has 174 valence electrons. The number of hydrogen-bond donors (Lipinski definition) is 2. The number of carbonyl (C=O) groups excluding carboxylic acids is 1. The zero-order valence-corrected chi connectivity index (χ0v) is 19.2. The molecule has 3 rings (SSSR count). The van der Waals surface area contributed by atoms with Crippen LogP contribution in [0.2, 0.25) is 5.02 Å². The molecule has 0 unspecified atom stereocenters. The van der Waals surface area contributed by atoms with Crippen LogP contribution in [-0.2, 0) is 13.0 Å². The number of benzene rings is 2. The Hall–Kier alpha value is -2.31. The van der Waals surface area contributed by atoms with E-state index in [1.807, 2.05) is 48.5 Å². The van der Waals surface area contributed by atoms with E-state index in [1.165, 1.54) is 12.8 Å². The first-order valence-electron chi connectivity index (χ1n) is 11.4. The van der Waals surface area contributed by atoms with Crippen molar-refractivity contribution in [3.63, 3.8) is 0 Å².